The molecule has 7 nitrogen and oxygen atoms in total. The topological polar surface area (TPSA) is 109 Å². The third-order valence-electron chi connectivity index (χ3n) is 3.93. The Morgan fingerprint density at radius 3 is 2.63 bits per heavy atom. The maximum atomic E-state index is 14.2. The number of nitrogens with zero attached hydrogens (tertiary/aromatic N) is 2. The number of nitrogens with two attached hydrogens (primary N) is 1. The lowest BCUT2D eigenvalue weighted by Gasteiger charge is -2.14. The zero-order valence-corrected chi connectivity index (χ0v) is 14.8. The number of halogens is 2. The molecular weight excluding hydrogens is 375 g/mol. The van der Waals surface area contributed by atoms with E-state index in [0.717, 1.165) is 6.20 Å². The Bertz CT molecular complexity index is 1060. The Kier molecular flexibility index (Phi) is 4.83. The summed E-state index contributed by atoms with van der Waals surface area (Å²) in [4.78, 5) is 11.6. The summed E-state index contributed by atoms with van der Waals surface area (Å²) in [6.45, 7) is 1.66. The highest BCUT2D eigenvalue weighted by atomic mass is 35.5. The molecule has 0 spiro atoms. The third kappa shape index (κ3) is 3.75. The molecule has 9 heteroatoms. The van der Waals surface area contributed by atoms with Gasteiger partial charge in [-0.1, -0.05) is 11.6 Å². The number of carbonyl (C=O) groups is 1. The fraction of sp³-hybridized carbons (Fsp3) is 0.0556. The second kappa shape index (κ2) is 7.08. The molecule has 2 heterocycles. The molecule has 0 atom stereocenters. The van der Waals surface area contributed by atoms with Crippen LogP contribution in [-0.2, 0) is 0 Å². The van der Waals surface area contributed by atoms with Crippen LogP contribution in [0.1, 0.15) is 15.9 Å². The summed E-state index contributed by atoms with van der Waals surface area (Å²) in [5, 5.41) is 26.9. The van der Waals surface area contributed by atoms with Crippen molar-refractivity contribution < 1.29 is 18.6 Å². The van der Waals surface area contributed by atoms with Crippen LogP contribution < -0.4 is 20.5 Å². The van der Waals surface area contributed by atoms with Gasteiger partial charge >= 0.3 is 0 Å². The predicted molar refractivity (Wildman–Crippen MR) is 97.7 cm³/mol. The minimum Gasteiger partial charge on any atom is -0.619 e. The monoisotopic (exact) mass is 388 g/mol. The van der Waals surface area contributed by atoms with Gasteiger partial charge in [-0.25, -0.2) is 4.39 Å². The molecule has 0 aliphatic heterocycles. The maximum absolute atomic E-state index is 14.2. The Morgan fingerprint density at radius 2 is 1.93 bits per heavy atom. The van der Waals surface area contributed by atoms with Gasteiger partial charge in [-0.15, -0.1) is 0 Å². The molecule has 3 aromatic rings. The van der Waals surface area contributed by atoms with Crippen LogP contribution in [0.3, 0.4) is 0 Å². The molecule has 0 saturated carbocycles. The molecule has 0 fully saturated rings. The number of rotatable bonds is 4. The van der Waals surface area contributed by atoms with Crippen molar-refractivity contribution in [3.8, 4) is 11.3 Å². The maximum Gasteiger partial charge on any atom is 0.256 e. The van der Waals surface area contributed by atoms with Crippen LogP contribution in [0.15, 0.2) is 48.9 Å². The average Bonchev–Trinajstić information content (AvgIpc) is 2.60. The fourth-order valence-electron chi connectivity index (χ4n) is 2.58. The summed E-state index contributed by atoms with van der Waals surface area (Å²) >= 11 is 5.91. The van der Waals surface area contributed by atoms with Gasteiger partial charge in [0, 0.05) is 22.7 Å². The van der Waals surface area contributed by atoms with Gasteiger partial charge in [-0.05, 0) is 25.1 Å². The zero-order chi connectivity index (χ0) is 19.7. The third-order valence-corrected chi connectivity index (χ3v) is 4.16. The Balaban J connectivity index is 2.11. The fourth-order valence-corrected chi connectivity index (χ4v) is 2.75. The van der Waals surface area contributed by atoms with E-state index in [2.05, 4.69) is 5.32 Å². The molecule has 0 saturated heterocycles. The molecule has 138 valence electrons. The summed E-state index contributed by atoms with van der Waals surface area (Å²) in [7, 11) is 0. The first-order valence-electron chi connectivity index (χ1n) is 7.75. The van der Waals surface area contributed by atoms with Crippen molar-refractivity contribution in [2.45, 2.75) is 6.92 Å². The largest absolute Gasteiger partial charge is 0.619 e. The first kappa shape index (κ1) is 18.4. The van der Waals surface area contributed by atoms with Crippen molar-refractivity contribution in [3.05, 3.63) is 81.3 Å². The minimum absolute atomic E-state index is 0.0264. The molecule has 0 aliphatic rings. The summed E-state index contributed by atoms with van der Waals surface area (Å²) in [5.41, 5.74) is 6.58. The van der Waals surface area contributed by atoms with Gasteiger partial charge in [0.15, 0.2) is 18.6 Å². The molecule has 1 amide bonds. The number of hydrogen-bond donors (Lipinski definition) is 2. The highest BCUT2D eigenvalue weighted by Gasteiger charge is 2.19. The SMILES string of the molecule is Cc1c[n+]([O-])c(-c2cc(Cl)ccc2F)cc1Nc1cc[n+]([O-])cc1C(N)=O. The van der Waals surface area contributed by atoms with Crippen molar-refractivity contribution in [2.75, 3.05) is 5.32 Å². The van der Waals surface area contributed by atoms with Crippen LogP contribution in [0.5, 0.6) is 0 Å². The highest BCUT2D eigenvalue weighted by Crippen LogP contribution is 2.29. The molecule has 1 aromatic carbocycles. The van der Waals surface area contributed by atoms with E-state index in [1.807, 2.05) is 0 Å². The van der Waals surface area contributed by atoms with Gasteiger partial charge in [-0.2, -0.15) is 9.46 Å². The smallest absolute Gasteiger partial charge is 0.256 e. The molecule has 0 bridgehead atoms. The van der Waals surface area contributed by atoms with Crippen molar-refractivity contribution in [1.82, 2.24) is 0 Å². The minimum atomic E-state index is -0.795. The van der Waals surface area contributed by atoms with Crippen molar-refractivity contribution in [1.29, 1.82) is 0 Å². The van der Waals surface area contributed by atoms with E-state index in [-0.39, 0.29) is 27.5 Å². The molecule has 0 radical (unpaired) electrons. The number of amides is 1. The summed E-state index contributed by atoms with van der Waals surface area (Å²) < 4.78 is 15.2. The highest BCUT2D eigenvalue weighted by molar-refractivity contribution is 6.30. The lowest BCUT2D eigenvalue weighted by molar-refractivity contribution is -0.605. The molecule has 3 rings (SSSR count). The van der Waals surface area contributed by atoms with Gasteiger partial charge in [0.2, 0.25) is 5.69 Å². The standard InChI is InChI=1S/C18H14ClFN4O3/c1-10-8-24(27)17(12-6-11(19)2-3-14(12)20)7-16(10)22-15-4-5-23(26)9-13(15)18(21)25/h2-9,22H,1H3,(H2,21,25). The van der Waals surface area contributed by atoms with Crippen LogP contribution >= 0.6 is 11.6 Å². The van der Waals surface area contributed by atoms with Crippen LogP contribution in [0.25, 0.3) is 11.3 Å². The Morgan fingerprint density at radius 1 is 1.19 bits per heavy atom. The Hall–Kier alpha value is -3.39. The normalized spacial score (nSPS) is 10.6. The molecule has 0 aliphatic carbocycles. The van der Waals surface area contributed by atoms with E-state index in [4.69, 9.17) is 17.3 Å². The van der Waals surface area contributed by atoms with Gasteiger partial charge in [0.05, 0.1) is 16.9 Å². The molecule has 3 N–H and O–H groups in total. The van der Waals surface area contributed by atoms with Crippen molar-refractivity contribution in [2.24, 2.45) is 5.73 Å². The average molecular weight is 389 g/mol. The van der Waals surface area contributed by atoms with Gasteiger partial charge in [0.1, 0.15) is 11.4 Å². The number of aryl methyl sites for hydroxylation is 1. The van der Waals surface area contributed by atoms with E-state index in [9.17, 15) is 19.6 Å². The van der Waals surface area contributed by atoms with Crippen LogP contribution in [-0.4, -0.2) is 5.91 Å². The lowest BCUT2D eigenvalue weighted by Crippen LogP contribution is -2.30. The van der Waals surface area contributed by atoms with Gasteiger partial charge in [-0.3, -0.25) is 4.79 Å². The second-order valence-electron chi connectivity index (χ2n) is 5.83. The molecular formula is C18H14ClFN4O3. The van der Waals surface area contributed by atoms with Crippen LogP contribution in [0.4, 0.5) is 15.8 Å². The predicted octanol–water partition coefficient (Wildman–Crippen LogP) is 2.56. The number of pyridine rings is 2. The first-order valence-corrected chi connectivity index (χ1v) is 8.13. The molecule has 2 aromatic heterocycles. The Labute approximate surface area is 158 Å². The number of nitrogens with one attached hydrogen (secondary N) is 1. The number of primary amides is 1. The zero-order valence-electron chi connectivity index (χ0n) is 14.1. The van der Waals surface area contributed by atoms with Crippen molar-refractivity contribution in [3.63, 3.8) is 0 Å². The summed E-state index contributed by atoms with van der Waals surface area (Å²) in [5.74, 6) is -1.40. The van der Waals surface area contributed by atoms with E-state index in [0.29, 0.717) is 20.7 Å². The number of carbonyl (C=O) groups excluding carboxylic acids is 1. The van der Waals surface area contributed by atoms with E-state index in [1.54, 1.807) is 6.92 Å². The first-order chi connectivity index (χ1) is 12.8. The van der Waals surface area contributed by atoms with Crippen LogP contribution in [0, 0.1) is 23.2 Å². The van der Waals surface area contributed by atoms with Crippen LogP contribution in [0.2, 0.25) is 5.02 Å². The van der Waals surface area contributed by atoms with E-state index in [1.165, 1.54) is 42.7 Å². The number of hydrogen-bond acceptors (Lipinski definition) is 4. The number of aromatic nitrogens is 2. The summed E-state index contributed by atoms with van der Waals surface area (Å²) in [6, 6.07) is 6.70. The number of benzene rings is 1. The number of anilines is 2. The quantitative estimate of drug-likeness (QED) is 0.528. The van der Waals surface area contributed by atoms with E-state index < -0.39 is 11.7 Å². The molecule has 27 heavy (non-hydrogen) atoms. The van der Waals surface area contributed by atoms with Crippen molar-refractivity contribution >= 4 is 28.9 Å². The summed E-state index contributed by atoms with van der Waals surface area (Å²) in [6.07, 6.45) is 3.49. The molecule has 0 unspecified atom stereocenters. The van der Waals surface area contributed by atoms with Gasteiger partial charge < -0.3 is 21.5 Å². The van der Waals surface area contributed by atoms with Gasteiger partial charge in [0.25, 0.3) is 5.91 Å². The second-order valence-corrected chi connectivity index (χ2v) is 6.26. The van der Waals surface area contributed by atoms with E-state index >= 15 is 0 Å². The lowest BCUT2D eigenvalue weighted by atomic mass is 10.1.